The van der Waals surface area contributed by atoms with Crippen molar-refractivity contribution in [3.8, 4) is 0 Å². The molecule has 0 aliphatic carbocycles. The predicted octanol–water partition coefficient (Wildman–Crippen LogP) is 2.90. The molecule has 0 aliphatic heterocycles. The van der Waals surface area contributed by atoms with Gasteiger partial charge in [0.15, 0.2) is 0 Å². The van der Waals surface area contributed by atoms with Gasteiger partial charge in [0.2, 0.25) is 0 Å². The van der Waals surface area contributed by atoms with Crippen LogP contribution in [0.2, 0.25) is 19.6 Å². The number of thiophene rings is 1. The second-order valence-electron chi connectivity index (χ2n) is 3.35. The zero-order chi connectivity index (χ0) is 7.78. The van der Waals surface area contributed by atoms with Gasteiger partial charge in [-0.2, -0.15) is 0 Å². The number of hydrogen-bond donors (Lipinski definition) is 0. The molecule has 0 aliphatic rings. The Morgan fingerprint density at radius 1 is 1.30 bits per heavy atom. The van der Waals surface area contributed by atoms with Crippen molar-refractivity contribution in [2.45, 2.75) is 19.6 Å². The van der Waals surface area contributed by atoms with E-state index in [9.17, 15) is 0 Å². The van der Waals surface area contributed by atoms with Crippen molar-refractivity contribution >= 4 is 46.5 Å². The molecular weight excluding hydrogens is 271 g/mol. The molecule has 1 aromatic heterocycles. The topological polar surface area (TPSA) is 0 Å². The number of rotatable bonds is 1. The average Bonchev–Trinajstić information content (AvgIpc) is 2.11. The Balaban J connectivity index is 2.96. The zero-order valence-electron chi connectivity index (χ0n) is 6.44. The summed E-state index contributed by atoms with van der Waals surface area (Å²) in [5.74, 6) is 0. The van der Waals surface area contributed by atoms with E-state index in [0.29, 0.717) is 0 Å². The summed E-state index contributed by atoms with van der Waals surface area (Å²) in [6.45, 7) is 7.15. The van der Waals surface area contributed by atoms with Crippen LogP contribution in [0.4, 0.5) is 0 Å². The smallest absolute Gasteiger partial charge is 0.0904 e. The highest BCUT2D eigenvalue weighted by atomic mass is 127. The zero-order valence-corrected chi connectivity index (χ0v) is 10.4. The first-order valence-electron chi connectivity index (χ1n) is 3.26. The minimum atomic E-state index is -0.999. The van der Waals surface area contributed by atoms with E-state index < -0.39 is 8.07 Å². The molecule has 0 saturated heterocycles. The summed E-state index contributed by atoms with van der Waals surface area (Å²) in [5, 5.41) is 0. The minimum absolute atomic E-state index is 0.999. The monoisotopic (exact) mass is 282 g/mol. The van der Waals surface area contributed by atoms with Crippen LogP contribution in [0.3, 0.4) is 0 Å². The van der Waals surface area contributed by atoms with E-state index in [1.807, 2.05) is 11.3 Å². The Kier molecular flexibility index (Phi) is 2.58. The Hall–Kier alpha value is 0.647. The number of hydrogen-bond acceptors (Lipinski definition) is 1. The van der Waals surface area contributed by atoms with Crippen molar-refractivity contribution < 1.29 is 0 Å². The van der Waals surface area contributed by atoms with E-state index in [4.69, 9.17) is 0 Å². The van der Waals surface area contributed by atoms with Crippen molar-refractivity contribution in [3.05, 3.63) is 15.0 Å². The van der Waals surface area contributed by atoms with Crippen LogP contribution in [-0.4, -0.2) is 8.07 Å². The van der Waals surface area contributed by atoms with E-state index in [-0.39, 0.29) is 0 Å². The van der Waals surface area contributed by atoms with Crippen LogP contribution in [0.15, 0.2) is 12.1 Å². The first-order chi connectivity index (χ1) is 4.50. The average molecular weight is 282 g/mol. The molecule has 1 rings (SSSR count). The van der Waals surface area contributed by atoms with E-state index in [1.165, 1.54) is 2.88 Å². The van der Waals surface area contributed by atoms with Gasteiger partial charge >= 0.3 is 0 Å². The van der Waals surface area contributed by atoms with Crippen LogP contribution in [0, 0.1) is 2.88 Å². The van der Waals surface area contributed by atoms with Crippen LogP contribution in [-0.2, 0) is 0 Å². The molecule has 10 heavy (non-hydrogen) atoms. The maximum atomic E-state index is 2.38. The molecule has 0 amide bonds. The highest BCUT2D eigenvalue weighted by Gasteiger charge is 2.17. The molecular formula is C7H11ISSi. The number of halogens is 1. The van der Waals surface area contributed by atoms with Crippen molar-refractivity contribution in [1.82, 2.24) is 0 Å². The molecule has 3 heteroatoms. The third-order valence-corrected chi connectivity index (χ3v) is 6.81. The normalized spacial score (nSPS) is 12.0. The predicted molar refractivity (Wildman–Crippen MR) is 60.0 cm³/mol. The second-order valence-corrected chi connectivity index (χ2v) is 11.7. The summed E-state index contributed by atoms with van der Waals surface area (Å²) < 4.78 is 3.02. The van der Waals surface area contributed by atoms with Gasteiger partial charge in [0, 0.05) is 0 Å². The molecule has 0 radical (unpaired) electrons. The fourth-order valence-corrected chi connectivity index (χ4v) is 4.85. The molecule has 1 aromatic rings. The lowest BCUT2D eigenvalue weighted by Crippen LogP contribution is -2.34. The first kappa shape index (κ1) is 8.74. The molecule has 0 spiro atoms. The van der Waals surface area contributed by atoms with Crippen LogP contribution < -0.4 is 4.50 Å². The summed E-state index contributed by atoms with van der Waals surface area (Å²) in [4.78, 5) is 0. The molecule has 56 valence electrons. The summed E-state index contributed by atoms with van der Waals surface area (Å²) in [6.07, 6.45) is 0. The Morgan fingerprint density at radius 3 is 2.10 bits per heavy atom. The Morgan fingerprint density at radius 2 is 1.90 bits per heavy atom. The molecule has 1 heterocycles. The van der Waals surface area contributed by atoms with Gasteiger partial charge in [0.05, 0.1) is 11.0 Å². The third kappa shape index (κ3) is 2.07. The van der Waals surface area contributed by atoms with Crippen LogP contribution in [0.25, 0.3) is 0 Å². The maximum absolute atomic E-state index is 2.38. The molecule has 0 bridgehead atoms. The lowest BCUT2D eigenvalue weighted by Gasteiger charge is -2.11. The van der Waals surface area contributed by atoms with Gasteiger partial charge < -0.3 is 0 Å². The van der Waals surface area contributed by atoms with Crippen molar-refractivity contribution in [2.24, 2.45) is 0 Å². The fraction of sp³-hybridized carbons (Fsp3) is 0.429. The van der Waals surface area contributed by atoms with Gasteiger partial charge in [-0.15, -0.1) is 11.3 Å². The minimum Gasteiger partial charge on any atom is -0.139 e. The van der Waals surface area contributed by atoms with Gasteiger partial charge in [0.25, 0.3) is 0 Å². The SMILES string of the molecule is C[Si](C)(C)c1ccc(I)s1. The lowest BCUT2D eigenvalue weighted by molar-refractivity contribution is 1.78. The van der Waals surface area contributed by atoms with E-state index >= 15 is 0 Å². The van der Waals surface area contributed by atoms with Gasteiger partial charge in [-0.3, -0.25) is 0 Å². The van der Waals surface area contributed by atoms with Crippen molar-refractivity contribution in [1.29, 1.82) is 0 Å². The fourth-order valence-electron chi connectivity index (χ4n) is 0.717. The van der Waals surface area contributed by atoms with Gasteiger partial charge in [-0.25, -0.2) is 0 Å². The lowest BCUT2D eigenvalue weighted by atomic mass is 10.7. The second kappa shape index (κ2) is 2.95. The molecule has 0 unspecified atom stereocenters. The molecule has 0 N–H and O–H groups in total. The van der Waals surface area contributed by atoms with Gasteiger partial charge in [0.1, 0.15) is 0 Å². The summed E-state index contributed by atoms with van der Waals surface area (Å²) in [7, 11) is -0.999. The Labute approximate surface area is 80.8 Å². The summed E-state index contributed by atoms with van der Waals surface area (Å²) in [6, 6.07) is 4.48. The van der Waals surface area contributed by atoms with E-state index in [2.05, 4.69) is 54.4 Å². The molecule has 0 fully saturated rings. The van der Waals surface area contributed by atoms with Gasteiger partial charge in [-0.1, -0.05) is 25.7 Å². The van der Waals surface area contributed by atoms with Gasteiger partial charge in [-0.05, 0) is 33.2 Å². The highest BCUT2D eigenvalue weighted by molar-refractivity contribution is 14.1. The standard InChI is InChI=1S/C7H11ISSi/c1-10(2,3)7-5-4-6(8)9-7/h4-5H,1-3H3. The first-order valence-corrected chi connectivity index (χ1v) is 8.65. The highest BCUT2D eigenvalue weighted by Crippen LogP contribution is 2.14. The third-order valence-electron chi connectivity index (χ3n) is 1.31. The molecule has 0 atom stereocenters. The van der Waals surface area contributed by atoms with E-state index in [0.717, 1.165) is 0 Å². The molecule has 0 nitrogen and oxygen atoms in total. The van der Waals surface area contributed by atoms with Crippen LogP contribution in [0.5, 0.6) is 0 Å². The van der Waals surface area contributed by atoms with Crippen LogP contribution >= 0.6 is 33.9 Å². The Bertz CT molecular complexity index is 224. The largest absolute Gasteiger partial charge is 0.139 e. The quantitative estimate of drug-likeness (QED) is 0.549. The van der Waals surface area contributed by atoms with Crippen molar-refractivity contribution in [2.75, 3.05) is 0 Å². The van der Waals surface area contributed by atoms with E-state index in [1.54, 1.807) is 4.50 Å². The maximum Gasteiger partial charge on any atom is 0.0904 e. The molecule has 0 saturated carbocycles. The van der Waals surface area contributed by atoms with Crippen molar-refractivity contribution in [3.63, 3.8) is 0 Å². The molecule has 0 aromatic carbocycles. The van der Waals surface area contributed by atoms with Crippen LogP contribution in [0.1, 0.15) is 0 Å². The summed E-state index contributed by atoms with van der Waals surface area (Å²) in [5.41, 5.74) is 0. The summed E-state index contributed by atoms with van der Waals surface area (Å²) >= 11 is 4.32.